The Labute approximate surface area is 302 Å². The lowest BCUT2D eigenvalue weighted by Gasteiger charge is -2.52. The highest BCUT2D eigenvalue weighted by molar-refractivity contribution is 7.92. The topological polar surface area (TPSA) is 130 Å². The molecule has 1 saturated heterocycles. The number of sulfone groups is 1. The fraction of sp³-hybridized carbons (Fsp3) is 0.432. The Morgan fingerprint density at radius 2 is 1.78 bits per heavy atom. The van der Waals surface area contributed by atoms with Gasteiger partial charge < -0.3 is 20.1 Å². The number of carbonyl (C=O) groups is 3. The van der Waals surface area contributed by atoms with E-state index in [2.05, 4.69) is 5.32 Å². The van der Waals surface area contributed by atoms with Crippen LogP contribution in [0.1, 0.15) is 86.8 Å². The smallest absolute Gasteiger partial charge is 0.339 e. The van der Waals surface area contributed by atoms with Crippen molar-refractivity contribution in [1.29, 1.82) is 0 Å². The van der Waals surface area contributed by atoms with Crippen LogP contribution in [0.25, 0.3) is 0 Å². The van der Waals surface area contributed by atoms with E-state index in [1.54, 1.807) is 56.9 Å². The molecule has 4 atom stereocenters. The molecule has 0 aromatic heterocycles. The van der Waals surface area contributed by atoms with E-state index in [1.807, 2.05) is 6.07 Å². The molecule has 2 fully saturated rings. The molecule has 1 heterocycles. The number of carbonyl (C=O) groups excluding carboxylic acids is 2. The maximum atomic E-state index is 15.2. The van der Waals surface area contributed by atoms with E-state index in [0.717, 1.165) is 5.56 Å². The van der Waals surface area contributed by atoms with Crippen molar-refractivity contribution in [3.05, 3.63) is 93.2 Å². The van der Waals surface area contributed by atoms with Crippen LogP contribution in [0.4, 0.5) is 10.1 Å². The Bertz CT molecular complexity index is 1930. The van der Waals surface area contributed by atoms with Gasteiger partial charge in [0.25, 0.3) is 0 Å². The second kappa shape index (κ2) is 14.2. The van der Waals surface area contributed by atoms with Crippen molar-refractivity contribution in [3.8, 4) is 5.75 Å². The van der Waals surface area contributed by atoms with Gasteiger partial charge in [0.05, 0.1) is 34.1 Å². The van der Waals surface area contributed by atoms with E-state index in [0.29, 0.717) is 23.4 Å². The summed E-state index contributed by atoms with van der Waals surface area (Å²) in [7, 11) is -2.43. The lowest BCUT2D eigenvalue weighted by Crippen LogP contribution is -2.59. The Balaban J connectivity index is 1.63. The van der Waals surface area contributed by atoms with E-state index in [1.165, 1.54) is 37.4 Å². The predicted octanol–water partition coefficient (Wildman–Crippen LogP) is 7.92. The summed E-state index contributed by atoms with van der Waals surface area (Å²) in [6.45, 7) is 6.56. The van der Waals surface area contributed by atoms with E-state index in [4.69, 9.17) is 27.9 Å². The molecule has 3 aromatic carbocycles. The molecule has 1 aliphatic carbocycles. The second-order valence-electron chi connectivity index (χ2n) is 14.5. The summed E-state index contributed by atoms with van der Waals surface area (Å²) in [4.78, 5) is 42.0. The van der Waals surface area contributed by atoms with Gasteiger partial charge in [-0.25, -0.2) is 17.6 Å². The molecule has 1 saturated carbocycles. The number of carboxylic acids is 1. The minimum Gasteiger partial charge on any atom is -0.496 e. The van der Waals surface area contributed by atoms with Gasteiger partial charge in [-0.15, -0.1) is 0 Å². The van der Waals surface area contributed by atoms with Crippen molar-refractivity contribution in [1.82, 2.24) is 4.90 Å². The first-order valence-electron chi connectivity index (χ1n) is 16.3. The van der Waals surface area contributed by atoms with Crippen LogP contribution < -0.4 is 10.1 Å². The number of nitrogens with one attached hydrogen (secondary N) is 1. The lowest BCUT2D eigenvalue weighted by atomic mass is 9.66. The van der Waals surface area contributed by atoms with Crippen LogP contribution in [0.2, 0.25) is 10.0 Å². The predicted molar refractivity (Wildman–Crippen MR) is 191 cm³/mol. The highest BCUT2D eigenvalue weighted by atomic mass is 35.5. The molecule has 268 valence electrons. The highest BCUT2D eigenvalue weighted by Crippen LogP contribution is 2.54. The van der Waals surface area contributed by atoms with Crippen molar-refractivity contribution in [2.24, 2.45) is 11.3 Å². The SMILES string of the molecule is COc1cc(NC(=O)C[C@@]2(C)C[C@@H](c3cccc(Cl)c3)[C@@H](c3ccc(Cl)c(F)c3)N([C@H](CS(=O)(=O)C(C)(C)C)C3CC3)C2=O)ccc1C(=O)O. The summed E-state index contributed by atoms with van der Waals surface area (Å²) in [6, 6.07) is 14.1. The average molecular weight is 748 g/mol. The van der Waals surface area contributed by atoms with Gasteiger partial charge in [0.2, 0.25) is 11.8 Å². The minimum absolute atomic E-state index is 0.0489. The molecule has 3 aromatic rings. The third-order valence-corrected chi connectivity index (χ3v) is 13.0. The maximum Gasteiger partial charge on any atom is 0.339 e. The minimum atomic E-state index is -3.74. The third-order valence-electron chi connectivity index (χ3n) is 9.78. The van der Waals surface area contributed by atoms with Crippen LogP contribution >= 0.6 is 23.2 Å². The molecule has 0 radical (unpaired) electrons. The number of piperidine rings is 1. The number of hydrogen-bond donors (Lipinski definition) is 2. The molecular weight excluding hydrogens is 706 g/mol. The molecule has 2 N–H and O–H groups in total. The number of rotatable bonds is 11. The fourth-order valence-electron chi connectivity index (χ4n) is 6.85. The fourth-order valence-corrected chi connectivity index (χ4v) is 8.55. The van der Waals surface area contributed by atoms with Crippen LogP contribution in [0.5, 0.6) is 5.75 Å². The highest BCUT2D eigenvalue weighted by Gasteiger charge is 2.55. The molecule has 0 bridgehead atoms. The molecule has 1 aliphatic heterocycles. The zero-order valence-corrected chi connectivity index (χ0v) is 30.8. The number of ether oxygens (including phenoxy) is 1. The van der Waals surface area contributed by atoms with Gasteiger partial charge >= 0.3 is 5.97 Å². The van der Waals surface area contributed by atoms with Crippen LogP contribution in [-0.2, 0) is 19.4 Å². The van der Waals surface area contributed by atoms with E-state index < -0.39 is 61.6 Å². The first kappa shape index (κ1) is 37.6. The van der Waals surface area contributed by atoms with Crippen LogP contribution in [0.15, 0.2) is 60.7 Å². The molecule has 2 aliphatic rings. The number of amides is 2. The Kier molecular flexibility index (Phi) is 10.6. The van der Waals surface area contributed by atoms with Gasteiger partial charge in [0, 0.05) is 35.2 Å². The molecule has 9 nitrogen and oxygen atoms in total. The summed E-state index contributed by atoms with van der Waals surface area (Å²) < 4.78 is 46.9. The van der Waals surface area contributed by atoms with E-state index in [-0.39, 0.29) is 46.5 Å². The number of carboxylic acid groups (broad SMARTS) is 1. The molecular formula is C37H41Cl2FN2O7S. The summed E-state index contributed by atoms with van der Waals surface area (Å²) in [5.41, 5.74) is 0.0299. The Hall–Kier alpha value is -3.67. The van der Waals surface area contributed by atoms with Crippen molar-refractivity contribution in [2.45, 2.75) is 76.1 Å². The maximum absolute atomic E-state index is 15.2. The Morgan fingerprint density at radius 3 is 2.36 bits per heavy atom. The zero-order chi connectivity index (χ0) is 36.8. The van der Waals surface area contributed by atoms with Crippen molar-refractivity contribution < 1.29 is 37.0 Å². The summed E-state index contributed by atoms with van der Waals surface area (Å²) in [5, 5.41) is 12.6. The molecule has 50 heavy (non-hydrogen) atoms. The van der Waals surface area contributed by atoms with Crippen LogP contribution in [0, 0.1) is 17.2 Å². The van der Waals surface area contributed by atoms with Gasteiger partial charge in [-0.2, -0.15) is 0 Å². The average Bonchev–Trinajstić information content (AvgIpc) is 3.87. The van der Waals surface area contributed by atoms with Crippen molar-refractivity contribution >= 4 is 56.5 Å². The third kappa shape index (κ3) is 7.80. The number of aromatic carboxylic acids is 1. The lowest BCUT2D eigenvalue weighted by molar-refractivity contribution is -0.156. The Morgan fingerprint density at radius 1 is 1.08 bits per heavy atom. The van der Waals surface area contributed by atoms with Gasteiger partial charge in [-0.3, -0.25) is 9.59 Å². The first-order valence-corrected chi connectivity index (χ1v) is 18.7. The number of hydrogen-bond acceptors (Lipinski definition) is 6. The number of benzene rings is 3. The largest absolute Gasteiger partial charge is 0.496 e. The molecule has 5 rings (SSSR count). The number of methoxy groups -OCH3 is 1. The summed E-state index contributed by atoms with van der Waals surface area (Å²) in [6.07, 6.45) is 1.29. The van der Waals surface area contributed by atoms with E-state index >= 15 is 9.18 Å². The van der Waals surface area contributed by atoms with Crippen LogP contribution in [0.3, 0.4) is 0 Å². The number of likely N-dealkylation sites (tertiary alicyclic amines) is 1. The number of anilines is 1. The van der Waals surface area contributed by atoms with Gasteiger partial charge in [-0.1, -0.05) is 48.3 Å². The second-order valence-corrected chi connectivity index (χ2v) is 18.1. The molecule has 2 amide bonds. The molecule has 0 spiro atoms. The standard InChI is InChI=1S/C37H41Cl2FN2O7S/c1-36(2,3)50(47,48)20-30(21-9-10-21)42-33(23-11-14-28(39)29(40)16-23)27(22-7-6-8-24(38)15-22)18-37(4,35(42)46)19-32(43)41-25-12-13-26(34(44)45)31(17-25)49-5/h6-8,11-17,21,27,30,33H,9-10,18-20H2,1-5H3,(H,41,43)(H,44,45)/t27-,30+,33+,37+/m0/s1. The summed E-state index contributed by atoms with van der Waals surface area (Å²) in [5.74, 6) is -3.72. The zero-order valence-electron chi connectivity index (χ0n) is 28.5. The van der Waals surface area contributed by atoms with E-state index in [9.17, 15) is 23.1 Å². The van der Waals surface area contributed by atoms with Gasteiger partial charge in [0.1, 0.15) is 17.1 Å². The monoisotopic (exact) mass is 746 g/mol. The van der Waals surface area contributed by atoms with Gasteiger partial charge in [0.15, 0.2) is 9.84 Å². The van der Waals surface area contributed by atoms with Gasteiger partial charge in [-0.05, 0) is 93.5 Å². The van der Waals surface area contributed by atoms with Crippen molar-refractivity contribution in [3.63, 3.8) is 0 Å². The van der Waals surface area contributed by atoms with Crippen molar-refractivity contribution in [2.75, 3.05) is 18.2 Å². The quantitative estimate of drug-likeness (QED) is 0.204. The normalized spacial score (nSPS) is 21.8. The number of nitrogens with zero attached hydrogens (tertiary/aromatic N) is 1. The number of halogens is 3. The molecule has 13 heteroatoms. The first-order chi connectivity index (χ1) is 23.3. The molecule has 0 unspecified atom stereocenters. The summed E-state index contributed by atoms with van der Waals surface area (Å²) >= 11 is 12.6. The van der Waals surface area contributed by atoms with Crippen LogP contribution in [-0.4, -0.2) is 59.9 Å².